The van der Waals surface area contributed by atoms with Gasteiger partial charge in [-0.05, 0) is 31.9 Å². The van der Waals surface area contributed by atoms with E-state index in [1.54, 1.807) is 20.0 Å². The summed E-state index contributed by atoms with van der Waals surface area (Å²) in [4.78, 5) is 11.1. The van der Waals surface area contributed by atoms with Crippen LogP contribution < -0.4 is 4.31 Å². The first-order chi connectivity index (χ1) is 8.30. The largest absolute Gasteiger partial charge is 0.300 e. The molecule has 0 bridgehead atoms. The lowest BCUT2D eigenvalue weighted by Crippen LogP contribution is -2.36. The van der Waals surface area contributed by atoms with Gasteiger partial charge in [0.25, 0.3) is 0 Å². The summed E-state index contributed by atoms with van der Waals surface area (Å²) in [6, 6.07) is 7.28. The van der Waals surface area contributed by atoms with Gasteiger partial charge in [0.1, 0.15) is 10.5 Å². The highest BCUT2D eigenvalue weighted by molar-refractivity contribution is 7.94. The van der Waals surface area contributed by atoms with Crippen molar-refractivity contribution in [2.24, 2.45) is 0 Å². The molecule has 1 unspecified atom stereocenters. The van der Waals surface area contributed by atoms with Crippen molar-refractivity contribution >= 4 is 21.5 Å². The Hall–Kier alpha value is -1.36. The van der Waals surface area contributed by atoms with E-state index < -0.39 is 14.8 Å². The first-order valence-electron chi connectivity index (χ1n) is 5.88. The minimum Gasteiger partial charge on any atom is -0.300 e. The van der Waals surface area contributed by atoms with Crippen LogP contribution >= 0.6 is 0 Å². The Morgan fingerprint density at radius 3 is 2.56 bits per heavy atom. The predicted octanol–water partition coefficient (Wildman–Crippen LogP) is 2.05. The van der Waals surface area contributed by atoms with Crippen molar-refractivity contribution in [2.75, 3.05) is 11.4 Å². The van der Waals surface area contributed by atoms with Gasteiger partial charge in [-0.25, -0.2) is 8.42 Å². The molecule has 98 valence electrons. The molecule has 1 aromatic carbocycles. The van der Waals surface area contributed by atoms with Gasteiger partial charge in [-0.3, -0.25) is 4.31 Å². The van der Waals surface area contributed by atoms with Crippen LogP contribution in [-0.4, -0.2) is 21.2 Å². The molecule has 4 nitrogen and oxygen atoms in total. The Labute approximate surface area is 108 Å². The number of sulfonamides is 1. The summed E-state index contributed by atoms with van der Waals surface area (Å²) < 4.78 is 25.3. The molecule has 0 saturated carbocycles. The number of carbonyl (C=O) groups excluding carboxylic acids is 1. The molecular formula is C13H17NO3S. The van der Waals surface area contributed by atoms with Crippen LogP contribution in [-0.2, 0) is 19.6 Å². The normalized spacial score (nSPS) is 24.9. The molecule has 0 spiro atoms. The fourth-order valence-corrected chi connectivity index (χ4v) is 4.28. The zero-order valence-electron chi connectivity index (χ0n) is 10.8. The Bertz CT molecular complexity index is 594. The van der Waals surface area contributed by atoms with E-state index >= 15 is 0 Å². The molecule has 1 aliphatic heterocycles. The molecule has 0 fully saturated rings. The first-order valence-corrected chi connectivity index (χ1v) is 7.32. The number of Topliss-reactive ketones (excluding diaryl/α,β-unsaturated/α-hetero) is 1. The first kappa shape index (κ1) is 13.1. The van der Waals surface area contributed by atoms with Gasteiger partial charge in [-0.1, -0.05) is 18.2 Å². The van der Waals surface area contributed by atoms with Gasteiger partial charge in [0.05, 0.1) is 5.69 Å². The number of nitrogens with zero attached hydrogens (tertiary/aromatic N) is 1. The van der Waals surface area contributed by atoms with Crippen LogP contribution in [0.5, 0.6) is 0 Å². The van der Waals surface area contributed by atoms with E-state index in [2.05, 4.69) is 0 Å². The van der Waals surface area contributed by atoms with Crippen molar-refractivity contribution in [1.82, 2.24) is 0 Å². The number of para-hydroxylation sites is 1. The number of anilines is 1. The third-order valence-electron chi connectivity index (χ3n) is 3.70. The highest BCUT2D eigenvalue weighted by atomic mass is 32.2. The van der Waals surface area contributed by atoms with Gasteiger partial charge in [-0.2, -0.15) is 0 Å². The molecule has 0 aromatic heterocycles. The number of carbonyl (C=O) groups is 1. The molecule has 1 heterocycles. The number of fused-ring (bicyclic) bond motifs is 1. The highest BCUT2D eigenvalue weighted by Crippen LogP contribution is 2.48. The summed E-state index contributed by atoms with van der Waals surface area (Å²) in [6.07, 6.45) is 0.601. The van der Waals surface area contributed by atoms with Crippen LogP contribution in [0.15, 0.2) is 24.3 Å². The number of hydrogen-bond acceptors (Lipinski definition) is 3. The summed E-state index contributed by atoms with van der Waals surface area (Å²) in [7, 11) is -1.88. The maximum atomic E-state index is 12.5. The fraction of sp³-hybridized carbons (Fsp3) is 0.462. The van der Waals surface area contributed by atoms with Crippen LogP contribution in [0.2, 0.25) is 0 Å². The standard InChI is InChI=1S/C13H17NO3S/c1-10(15)8-9-13(2)11-6-4-5-7-12(11)14(3)18(13,16)17/h4-7H,8-9H2,1-3H3. The molecule has 2 rings (SSSR count). The van der Waals surface area contributed by atoms with Gasteiger partial charge in [0.2, 0.25) is 10.0 Å². The van der Waals surface area contributed by atoms with E-state index in [4.69, 9.17) is 0 Å². The van der Waals surface area contributed by atoms with E-state index in [1.165, 1.54) is 11.2 Å². The molecule has 0 saturated heterocycles. The van der Waals surface area contributed by atoms with Gasteiger partial charge >= 0.3 is 0 Å². The van der Waals surface area contributed by atoms with Gasteiger partial charge in [0.15, 0.2) is 0 Å². The van der Waals surface area contributed by atoms with Crippen LogP contribution in [0.3, 0.4) is 0 Å². The predicted molar refractivity (Wildman–Crippen MR) is 71.0 cm³/mol. The zero-order chi connectivity index (χ0) is 13.6. The van der Waals surface area contributed by atoms with E-state index in [0.29, 0.717) is 12.1 Å². The van der Waals surface area contributed by atoms with Crippen LogP contribution in [0.25, 0.3) is 0 Å². The quantitative estimate of drug-likeness (QED) is 0.842. The lowest BCUT2D eigenvalue weighted by molar-refractivity contribution is -0.117. The van der Waals surface area contributed by atoms with E-state index in [-0.39, 0.29) is 12.2 Å². The average Bonchev–Trinajstić information content (AvgIpc) is 2.48. The average molecular weight is 267 g/mol. The summed E-state index contributed by atoms with van der Waals surface area (Å²) in [5, 5.41) is 0. The maximum absolute atomic E-state index is 12.5. The second-order valence-corrected chi connectivity index (χ2v) is 7.32. The number of hydrogen-bond donors (Lipinski definition) is 0. The molecule has 0 amide bonds. The Morgan fingerprint density at radius 2 is 1.94 bits per heavy atom. The second kappa shape index (κ2) is 4.09. The van der Waals surface area contributed by atoms with E-state index in [1.807, 2.05) is 18.2 Å². The minimum absolute atomic E-state index is 0.0125. The van der Waals surface area contributed by atoms with Gasteiger partial charge < -0.3 is 4.79 Å². The smallest absolute Gasteiger partial charge is 0.244 e. The molecule has 1 aliphatic rings. The van der Waals surface area contributed by atoms with E-state index in [0.717, 1.165) is 5.56 Å². The topological polar surface area (TPSA) is 54.5 Å². The highest BCUT2D eigenvalue weighted by Gasteiger charge is 2.50. The van der Waals surface area contributed by atoms with Crippen molar-refractivity contribution in [1.29, 1.82) is 0 Å². The SMILES string of the molecule is CC(=O)CCC1(C)c2ccccc2N(C)S1(=O)=O. The van der Waals surface area contributed by atoms with Crippen molar-refractivity contribution in [3.8, 4) is 0 Å². The maximum Gasteiger partial charge on any atom is 0.244 e. The molecule has 18 heavy (non-hydrogen) atoms. The fourth-order valence-electron chi connectivity index (χ4n) is 2.44. The molecule has 0 aliphatic carbocycles. The monoisotopic (exact) mass is 267 g/mol. The van der Waals surface area contributed by atoms with Gasteiger partial charge in [-0.15, -0.1) is 0 Å². The summed E-state index contributed by atoms with van der Waals surface area (Å²) >= 11 is 0. The Kier molecular flexibility index (Phi) is 2.97. The van der Waals surface area contributed by atoms with Crippen LogP contribution in [0.4, 0.5) is 5.69 Å². The minimum atomic E-state index is -3.44. The lowest BCUT2D eigenvalue weighted by atomic mass is 9.93. The number of benzene rings is 1. The van der Waals surface area contributed by atoms with Crippen molar-refractivity contribution in [3.63, 3.8) is 0 Å². The molecule has 1 aromatic rings. The third-order valence-corrected chi connectivity index (χ3v) is 6.18. The Balaban J connectivity index is 2.55. The van der Waals surface area contributed by atoms with Crippen molar-refractivity contribution in [2.45, 2.75) is 31.4 Å². The molecular weight excluding hydrogens is 250 g/mol. The summed E-state index contributed by atoms with van der Waals surface area (Å²) in [5.74, 6) is 0.0125. The van der Waals surface area contributed by atoms with E-state index in [9.17, 15) is 13.2 Å². The van der Waals surface area contributed by atoms with Crippen molar-refractivity contribution in [3.05, 3.63) is 29.8 Å². The summed E-state index contributed by atoms with van der Waals surface area (Å²) in [6.45, 7) is 3.19. The molecule has 1 atom stereocenters. The van der Waals surface area contributed by atoms with Gasteiger partial charge in [0, 0.05) is 13.5 Å². The molecule has 5 heteroatoms. The number of rotatable bonds is 3. The Morgan fingerprint density at radius 1 is 1.33 bits per heavy atom. The molecule has 0 radical (unpaired) electrons. The second-order valence-electron chi connectivity index (χ2n) is 4.92. The van der Waals surface area contributed by atoms with Crippen LogP contribution in [0.1, 0.15) is 32.3 Å². The lowest BCUT2D eigenvalue weighted by Gasteiger charge is -2.24. The zero-order valence-corrected chi connectivity index (χ0v) is 11.6. The summed E-state index contributed by atoms with van der Waals surface area (Å²) in [5.41, 5.74) is 1.50. The van der Waals surface area contributed by atoms with Crippen molar-refractivity contribution < 1.29 is 13.2 Å². The molecule has 0 N–H and O–H groups in total. The third kappa shape index (κ3) is 1.65. The van der Waals surface area contributed by atoms with Crippen LogP contribution in [0, 0.1) is 0 Å². The number of ketones is 1.